The lowest BCUT2D eigenvalue weighted by atomic mass is 9.99. The van der Waals surface area contributed by atoms with Crippen molar-refractivity contribution < 1.29 is 14.6 Å². The second-order valence-electron chi connectivity index (χ2n) is 4.85. The Morgan fingerprint density at radius 2 is 1.90 bits per heavy atom. The van der Waals surface area contributed by atoms with Crippen molar-refractivity contribution in [3.8, 4) is 5.75 Å². The van der Waals surface area contributed by atoms with Gasteiger partial charge in [-0.2, -0.15) is 0 Å². The molecule has 0 radical (unpaired) electrons. The number of aliphatic carboxylic acids is 1. The molecule has 0 aliphatic heterocycles. The Bertz CT molecular complexity index is 432. The summed E-state index contributed by atoms with van der Waals surface area (Å²) in [5.74, 6) is 0.156. The first-order valence-corrected chi connectivity index (χ1v) is 7.22. The fourth-order valence-electron chi connectivity index (χ4n) is 2.14. The van der Waals surface area contributed by atoms with Gasteiger partial charge in [-0.15, -0.1) is 0 Å². The molecule has 0 atom stereocenters. The quantitative estimate of drug-likeness (QED) is 0.674. The number of ether oxygens (including phenoxy) is 1. The molecule has 0 bridgehead atoms. The van der Waals surface area contributed by atoms with Crippen molar-refractivity contribution >= 4 is 11.5 Å². The molecule has 0 unspecified atom stereocenters. The topological polar surface area (TPSA) is 46.5 Å². The van der Waals surface area contributed by atoms with Gasteiger partial charge < -0.3 is 9.84 Å². The molecule has 1 aromatic carbocycles. The van der Waals surface area contributed by atoms with E-state index >= 15 is 0 Å². The molecule has 110 valence electrons. The standard InChI is InChI=1S/C17H24O3/c1-3-7-14(8-5-4-6-9-17(18)19)15-10-12-16(20-2)13-11-15/h8,10-13H,3-7,9H2,1-2H3,(H,18,19)/b14-8-. The number of benzene rings is 1. The van der Waals surface area contributed by atoms with Crippen LogP contribution in [0, 0.1) is 0 Å². The van der Waals surface area contributed by atoms with E-state index in [4.69, 9.17) is 9.84 Å². The molecule has 0 heterocycles. The number of carboxylic acids is 1. The Morgan fingerprint density at radius 1 is 1.20 bits per heavy atom. The van der Waals surface area contributed by atoms with E-state index < -0.39 is 5.97 Å². The molecule has 3 nitrogen and oxygen atoms in total. The van der Waals surface area contributed by atoms with E-state index in [1.807, 2.05) is 12.1 Å². The van der Waals surface area contributed by atoms with Crippen LogP contribution in [0.15, 0.2) is 30.3 Å². The number of carbonyl (C=O) groups is 1. The molecular formula is C17H24O3. The second-order valence-corrected chi connectivity index (χ2v) is 4.85. The molecule has 1 rings (SSSR count). The summed E-state index contributed by atoms with van der Waals surface area (Å²) in [5, 5.41) is 8.61. The average Bonchev–Trinajstić information content (AvgIpc) is 2.45. The summed E-state index contributed by atoms with van der Waals surface area (Å²) in [6, 6.07) is 8.11. The van der Waals surface area contributed by atoms with Gasteiger partial charge >= 0.3 is 5.97 Å². The minimum absolute atomic E-state index is 0.263. The summed E-state index contributed by atoms with van der Waals surface area (Å²) in [5.41, 5.74) is 2.57. The molecule has 20 heavy (non-hydrogen) atoms. The van der Waals surface area contributed by atoms with Crippen molar-refractivity contribution in [1.29, 1.82) is 0 Å². The lowest BCUT2D eigenvalue weighted by Crippen LogP contribution is -1.93. The van der Waals surface area contributed by atoms with Crippen molar-refractivity contribution in [2.45, 2.75) is 45.4 Å². The Morgan fingerprint density at radius 3 is 2.45 bits per heavy atom. The summed E-state index contributed by atoms with van der Waals surface area (Å²) in [7, 11) is 1.67. The van der Waals surface area contributed by atoms with Gasteiger partial charge in [0.2, 0.25) is 0 Å². The van der Waals surface area contributed by atoms with Crippen LogP contribution in [-0.2, 0) is 4.79 Å². The molecule has 0 amide bonds. The number of methoxy groups -OCH3 is 1. The molecule has 0 aliphatic carbocycles. The number of unbranched alkanes of at least 4 members (excludes halogenated alkanes) is 2. The van der Waals surface area contributed by atoms with E-state index in [1.165, 1.54) is 11.1 Å². The highest BCUT2D eigenvalue weighted by Crippen LogP contribution is 2.23. The van der Waals surface area contributed by atoms with Crippen molar-refractivity contribution in [3.63, 3.8) is 0 Å². The molecule has 0 fully saturated rings. The van der Waals surface area contributed by atoms with Gasteiger partial charge in [0, 0.05) is 6.42 Å². The van der Waals surface area contributed by atoms with Crippen molar-refractivity contribution in [1.82, 2.24) is 0 Å². The van der Waals surface area contributed by atoms with E-state index in [2.05, 4.69) is 25.1 Å². The maximum atomic E-state index is 10.5. The number of rotatable bonds is 9. The van der Waals surface area contributed by atoms with Crippen LogP contribution >= 0.6 is 0 Å². The van der Waals surface area contributed by atoms with Gasteiger partial charge in [0.15, 0.2) is 0 Å². The van der Waals surface area contributed by atoms with Gasteiger partial charge in [0.1, 0.15) is 5.75 Å². The van der Waals surface area contributed by atoms with Gasteiger partial charge in [-0.3, -0.25) is 4.79 Å². The first-order valence-electron chi connectivity index (χ1n) is 7.22. The van der Waals surface area contributed by atoms with Crippen LogP contribution in [0.3, 0.4) is 0 Å². The smallest absolute Gasteiger partial charge is 0.303 e. The molecule has 3 heteroatoms. The fourth-order valence-corrected chi connectivity index (χ4v) is 2.14. The second kappa shape index (κ2) is 9.18. The maximum Gasteiger partial charge on any atom is 0.303 e. The third-order valence-electron chi connectivity index (χ3n) is 3.22. The van der Waals surface area contributed by atoms with Gasteiger partial charge in [-0.25, -0.2) is 0 Å². The number of hydrogen-bond acceptors (Lipinski definition) is 2. The van der Waals surface area contributed by atoms with Crippen LogP contribution in [0.5, 0.6) is 5.75 Å². The lowest BCUT2D eigenvalue weighted by Gasteiger charge is -2.08. The highest BCUT2D eigenvalue weighted by atomic mass is 16.5. The zero-order valence-electron chi connectivity index (χ0n) is 12.4. The number of hydrogen-bond donors (Lipinski definition) is 1. The van der Waals surface area contributed by atoms with Gasteiger partial charge in [-0.05, 0) is 49.0 Å². The predicted octanol–water partition coefficient (Wildman–Crippen LogP) is 4.52. The van der Waals surface area contributed by atoms with Crippen molar-refractivity contribution in [3.05, 3.63) is 35.9 Å². The zero-order valence-corrected chi connectivity index (χ0v) is 12.4. The molecule has 1 N–H and O–H groups in total. The van der Waals surface area contributed by atoms with Crippen molar-refractivity contribution in [2.75, 3.05) is 7.11 Å². The number of carboxylic acid groups (broad SMARTS) is 1. The van der Waals surface area contributed by atoms with E-state index in [0.29, 0.717) is 0 Å². The average molecular weight is 276 g/mol. The van der Waals surface area contributed by atoms with E-state index in [0.717, 1.165) is 37.9 Å². The molecule has 0 spiro atoms. The first-order chi connectivity index (χ1) is 9.67. The summed E-state index contributed by atoms with van der Waals surface area (Å²) >= 11 is 0. The van der Waals surface area contributed by atoms with Gasteiger partial charge in [-0.1, -0.05) is 31.6 Å². The number of allylic oxidation sites excluding steroid dienone is 2. The van der Waals surface area contributed by atoms with Crippen LogP contribution in [0.2, 0.25) is 0 Å². The van der Waals surface area contributed by atoms with Gasteiger partial charge in [0.25, 0.3) is 0 Å². The monoisotopic (exact) mass is 276 g/mol. The third-order valence-corrected chi connectivity index (χ3v) is 3.22. The Balaban J connectivity index is 2.59. The summed E-state index contributed by atoms with van der Waals surface area (Å²) in [4.78, 5) is 10.5. The molecular weight excluding hydrogens is 252 g/mol. The lowest BCUT2D eigenvalue weighted by molar-refractivity contribution is -0.137. The van der Waals surface area contributed by atoms with E-state index in [1.54, 1.807) is 7.11 Å². The Kier molecular flexibility index (Phi) is 7.48. The minimum atomic E-state index is -0.710. The SMILES string of the molecule is CCC/C(=C/CCCCC(=O)O)c1ccc(OC)cc1. The fraction of sp³-hybridized carbons (Fsp3) is 0.471. The molecule has 0 saturated heterocycles. The largest absolute Gasteiger partial charge is 0.497 e. The van der Waals surface area contributed by atoms with Crippen LogP contribution in [0.1, 0.15) is 51.0 Å². The highest BCUT2D eigenvalue weighted by Gasteiger charge is 2.02. The first kappa shape index (κ1) is 16.3. The highest BCUT2D eigenvalue weighted by molar-refractivity contribution is 5.67. The van der Waals surface area contributed by atoms with E-state index in [9.17, 15) is 4.79 Å². The normalized spacial score (nSPS) is 11.4. The minimum Gasteiger partial charge on any atom is -0.497 e. The molecule has 0 saturated carbocycles. The third kappa shape index (κ3) is 5.91. The van der Waals surface area contributed by atoms with Crippen LogP contribution in [0.25, 0.3) is 5.57 Å². The van der Waals surface area contributed by atoms with Crippen LogP contribution in [-0.4, -0.2) is 18.2 Å². The molecule has 0 aromatic heterocycles. The predicted molar refractivity (Wildman–Crippen MR) is 82.0 cm³/mol. The van der Waals surface area contributed by atoms with Crippen molar-refractivity contribution in [2.24, 2.45) is 0 Å². The van der Waals surface area contributed by atoms with E-state index in [-0.39, 0.29) is 6.42 Å². The van der Waals surface area contributed by atoms with Crippen LogP contribution in [0.4, 0.5) is 0 Å². The zero-order chi connectivity index (χ0) is 14.8. The van der Waals surface area contributed by atoms with Crippen LogP contribution < -0.4 is 4.74 Å². The van der Waals surface area contributed by atoms with Gasteiger partial charge in [0.05, 0.1) is 7.11 Å². The summed E-state index contributed by atoms with van der Waals surface area (Å²) in [6.07, 6.45) is 7.27. The maximum absolute atomic E-state index is 10.5. The summed E-state index contributed by atoms with van der Waals surface area (Å²) < 4.78 is 5.17. The molecule has 1 aromatic rings. The Labute approximate surface area is 121 Å². The molecule has 0 aliphatic rings. The summed E-state index contributed by atoms with van der Waals surface area (Å²) in [6.45, 7) is 2.17. The Hall–Kier alpha value is -1.77.